The molecule has 0 spiro atoms. The first-order valence-electron chi connectivity index (χ1n) is 7.18. The van der Waals surface area contributed by atoms with Crippen LogP contribution in [0.4, 0.5) is 5.69 Å². The molecule has 2 aromatic carbocycles. The summed E-state index contributed by atoms with van der Waals surface area (Å²) in [6.45, 7) is 0. The first kappa shape index (κ1) is 14.7. The predicted octanol–water partition coefficient (Wildman–Crippen LogP) is 4.10. The number of ketones is 1. The van der Waals surface area contributed by atoms with Gasteiger partial charge in [-0.05, 0) is 18.2 Å². The number of furan rings is 1. The van der Waals surface area contributed by atoms with Gasteiger partial charge in [0.1, 0.15) is 11.5 Å². The summed E-state index contributed by atoms with van der Waals surface area (Å²) in [6.07, 6.45) is 1.41. The molecule has 6 heteroatoms. The molecule has 0 saturated carbocycles. The van der Waals surface area contributed by atoms with Crippen molar-refractivity contribution in [3.05, 3.63) is 65.1 Å². The third kappa shape index (κ3) is 2.06. The number of carbonyl (C=O) groups excluding carboxylic acids is 1. The Kier molecular flexibility index (Phi) is 3.25. The van der Waals surface area contributed by atoms with Crippen LogP contribution in [0, 0.1) is 5.92 Å². The minimum Gasteiger partial charge on any atom is -0.480 e. The van der Waals surface area contributed by atoms with Gasteiger partial charge in [0.2, 0.25) is 0 Å². The molecule has 1 atom stereocenters. The highest BCUT2D eigenvalue weighted by Gasteiger charge is 2.39. The number of nitrogens with zero attached hydrogens (tertiary/aromatic N) is 1. The smallest absolute Gasteiger partial charge is 0.320 e. The van der Waals surface area contributed by atoms with Crippen LogP contribution >= 0.6 is 11.6 Å². The highest BCUT2D eigenvalue weighted by Crippen LogP contribution is 2.40. The van der Waals surface area contributed by atoms with E-state index in [2.05, 4.69) is 4.99 Å². The van der Waals surface area contributed by atoms with Gasteiger partial charge in [0.05, 0.1) is 12.0 Å². The zero-order chi connectivity index (χ0) is 16.8. The molecule has 0 radical (unpaired) electrons. The van der Waals surface area contributed by atoms with Crippen LogP contribution < -0.4 is 0 Å². The molecular formula is C18H10ClNO4. The quantitative estimate of drug-likeness (QED) is 0.713. The first-order chi connectivity index (χ1) is 11.6. The molecule has 0 fully saturated rings. The van der Waals surface area contributed by atoms with E-state index in [0.29, 0.717) is 16.1 Å². The number of carboxylic acid groups (broad SMARTS) is 1. The van der Waals surface area contributed by atoms with Crippen molar-refractivity contribution in [3.63, 3.8) is 0 Å². The molecule has 1 aliphatic heterocycles. The number of aliphatic carboxylic acids is 1. The van der Waals surface area contributed by atoms with Gasteiger partial charge in [0.15, 0.2) is 11.7 Å². The molecule has 1 N–H and O–H groups in total. The average Bonchev–Trinajstić information content (AvgIpc) is 3.10. The van der Waals surface area contributed by atoms with Gasteiger partial charge in [0, 0.05) is 21.4 Å². The summed E-state index contributed by atoms with van der Waals surface area (Å²) in [7, 11) is 0. The second kappa shape index (κ2) is 5.32. The molecule has 24 heavy (non-hydrogen) atoms. The van der Waals surface area contributed by atoms with Gasteiger partial charge in [0.25, 0.3) is 0 Å². The van der Waals surface area contributed by atoms with Crippen LogP contribution in [0.25, 0.3) is 10.8 Å². The summed E-state index contributed by atoms with van der Waals surface area (Å²) in [6, 6.07) is 12.0. The molecule has 0 saturated heterocycles. The van der Waals surface area contributed by atoms with E-state index in [4.69, 9.17) is 16.0 Å². The van der Waals surface area contributed by atoms with E-state index in [0.717, 1.165) is 5.39 Å². The molecule has 4 rings (SSSR count). The monoisotopic (exact) mass is 339 g/mol. The predicted molar refractivity (Wildman–Crippen MR) is 89.3 cm³/mol. The summed E-state index contributed by atoms with van der Waals surface area (Å²) in [5, 5.41) is 11.3. The fourth-order valence-corrected chi connectivity index (χ4v) is 3.21. The molecule has 1 aliphatic rings. The number of carboxylic acids is 1. The second-order valence-corrected chi connectivity index (χ2v) is 5.82. The highest BCUT2D eigenvalue weighted by molar-refractivity contribution is 6.39. The third-order valence-electron chi connectivity index (χ3n) is 4.02. The van der Waals surface area contributed by atoms with E-state index >= 15 is 0 Å². The van der Waals surface area contributed by atoms with Crippen molar-refractivity contribution in [1.82, 2.24) is 0 Å². The van der Waals surface area contributed by atoms with Gasteiger partial charge in [-0.1, -0.05) is 35.9 Å². The number of aliphatic imine (C=N–C) groups is 1. The molecule has 0 amide bonds. The van der Waals surface area contributed by atoms with Crippen LogP contribution in [0.1, 0.15) is 16.1 Å². The Morgan fingerprint density at radius 3 is 2.58 bits per heavy atom. The molecule has 118 valence electrons. The maximum absolute atomic E-state index is 12.8. The van der Waals surface area contributed by atoms with Gasteiger partial charge in [-0.15, -0.1) is 0 Å². The number of Topliss-reactive ketones (excluding diaryl/α,β-unsaturated/α-hetero) is 1. The zero-order valence-corrected chi connectivity index (χ0v) is 12.9. The van der Waals surface area contributed by atoms with Gasteiger partial charge in [-0.2, -0.15) is 0 Å². The minimum absolute atomic E-state index is 0.0949. The van der Waals surface area contributed by atoms with Crippen molar-refractivity contribution in [3.8, 4) is 0 Å². The first-order valence-corrected chi connectivity index (χ1v) is 7.56. The van der Waals surface area contributed by atoms with E-state index < -0.39 is 17.7 Å². The maximum Gasteiger partial charge on any atom is 0.320 e. The molecule has 0 aliphatic carbocycles. The fraction of sp³-hybridized carbons (Fsp3) is 0.0556. The summed E-state index contributed by atoms with van der Waals surface area (Å²) < 4.78 is 5.28. The van der Waals surface area contributed by atoms with Crippen molar-refractivity contribution in [2.24, 2.45) is 10.9 Å². The number of fused-ring (bicyclic) bond motifs is 3. The van der Waals surface area contributed by atoms with Crippen LogP contribution in [0.2, 0.25) is 5.02 Å². The van der Waals surface area contributed by atoms with Gasteiger partial charge < -0.3 is 9.52 Å². The van der Waals surface area contributed by atoms with Crippen molar-refractivity contribution < 1.29 is 19.1 Å². The Balaban J connectivity index is 2.08. The number of hydrogen-bond donors (Lipinski definition) is 1. The summed E-state index contributed by atoms with van der Waals surface area (Å²) >= 11 is 6.26. The maximum atomic E-state index is 12.8. The van der Waals surface area contributed by atoms with Gasteiger partial charge >= 0.3 is 5.97 Å². The molecule has 5 nitrogen and oxygen atoms in total. The number of carbonyl (C=O) groups is 2. The zero-order valence-electron chi connectivity index (χ0n) is 12.2. The van der Waals surface area contributed by atoms with Crippen LogP contribution in [-0.4, -0.2) is 22.6 Å². The van der Waals surface area contributed by atoms with Crippen molar-refractivity contribution in [1.29, 1.82) is 0 Å². The average molecular weight is 340 g/mol. The Morgan fingerprint density at radius 2 is 1.92 bits per heavy atom. The summed E-state index contributed by atoms with van der Waals surface area (Å²) in [4.78, 5) is 28.9. The molecule has 2 heterocycles. The summed E-state index contributed by atoms with van der Waals surface area (Å²) in [5.74, 6) is -2.97. The van der Waals surface area contributed by atoms with Gasteiger partial charge in [-0.25, -0.2) is 4.99 Å². The topological polar surface area (TPSA) is 79.9 Å². The number of halogens is 1. The SMILES string of the molecule is O=C(O)C1C(=O)c2cc(Cl)c3ccccc3c2N=C1c1ccco1. The second-order valence-electron chi connectivity index (χ2n) is 5.41. The van der Waals surface area contributed by atoms with Crippen LogP contribution in [-0.2, 0) is 4.79 Å². The normalized spacial score (nSPS) is 16.8. The van der Waals surface area contributed by atoms with E-state index in [1.54, 1.807) is 18.2 Å². The lowest BCUT2D eigenvalue weighted by Gasteiger charge is -2.21. The van der Waals surface area contributed by atoms with Crippen molar-refractivity contribution >= 4 is 45.5 Å². The lowest BCUT2D eigenvalue weighted by Crippen LogP contribution is -2.34. The molecule has 3 aromatic rings. The lowest BCUT2D eigenvalue weighted by molar-refractivity contribution is -0.138. The van der Waals surface area contributed by atoms with E-state index in [9.17, 15) is 14.7 Å². The molecule has 1 aromatic heterocycles. The van der Waals surface area contributed by atoms with Gasteiger partial charge in [-0.3, -0.25) is 9.59 Å². The number of hydrogen-bond acceptors (Lipinski definition) is 4. The van der Waals surface area contributed by atoms with Crippen LogP contribution in [0.15, 0.2) is 58.1 Å². The number of rotatable bonds is 2. The Labute approximate surface area is 141 Å². The standard InChI is InChI=1S/C18H10ClNO4/c19-12-8-11-15(10-5-2-1-4-9(10)12)20-16(13-6-3-7-24-13)14(17(11)21)18(22)23/h1-8,14H,(H,22,23). The summed E-state index contributed by atoms with van der Waals surface area (Å²) in [5.41, 5.74) is 0.725. The Morgan fingerprint density at radius 1 is 1.17 bits per heavy atom. The van der Waals surface area contributed by atoms with Crippen molar-refractivity contribution in [2.45, 2.75) is 0 Å². The van der Waals surface area contributed by atoms with E-state index in [1.807, 2.05) is 18.2 Å². The van der Waals surface area contributed by atoms with Crippen LogP contribution in [0.3, 0.4) is 0 Å². The largest absolute Gasteiger partial charge is 0.480 e. The number of benzene rings is 2. The molecule has 0 bridgehead atoms. The minimum atomic E-state index is -1.42. The fourth-order valence-electron chi connectivity index (χ4n) is 2.94. The molecular weight excluding hydrogens is 330 g/mol. The highest BCUT2D eigenvalue weighted by atomic mass is 35.5. The Hall–Kier alpha value is -2.92. The van der Waals surface area contributed by atoms with E-state index in [-0.39, 0.29) is 17.0 Å². The van der Waals surface area contributed by atoms with E-state index in [1.165, 1.54) is 12.3 Å². The van der Waals surface area contributed by atoms with Crippen LogP contribution in [0.5, 0.6) is 0 Å². The molecule has 1 unspecified atom stereocenters. The third-order valence-corrected chi connectivity index (χ3v) is 4.33. The lowest BCUT2D eigenvalue weighted by atomic mass is 9.86. The van der Waals surface area contributed by atoms with Crippen molar-refractivity contribution in [2.75, 3.05) is 0 Å². The Bertz CT molecular complexity index is 1020.